The molecule has 0 radical (unpaired) electrons. The molecule has 1 aromatic heterocycles. The van der Waals surface area contributed by atoms with E-state index in [2.05, 4.69) is 9.98 Å². The summed E-state index contributed by atoms with van der Waals surface area (Å²) in [5.41, 5.74) is 0.301. The summed E-state index contributed by atoms with van der Waals surface area (Å²) in [6.45, 7) is 1.56. The lowest BCUT2D eigenvalue weighted by Crippen LogP contribution is -2.09. The quantitative estimate of drug-likeness (QED) is 0.697. The average Bonchev–Trinajstić information content (AvgIpc) is 2.14. The molecule has 0 atom stereocenters. The number of alkyl halides is 3. The maximum absolute atomic E-state index is 12.3. The molecule has 0 aliphatic carbocycles. The van der Waals surface area contributed by atoms with Crippen molar-refractivity contribution in [3.63, 3.8) is 0 Å². The molecule has 1 heterocycles. The van der Waals surface area contributed by atoms with Crippen molar-refractivity contribution in [3.05, 3.63) is 29.1 Å². The molecule has 0 bridgehead atoms. The lowest BCUT2D eigenvalue weighted by Gasteiger charge is -2.08. The maximum Gasteiger partial charge on any atom is 0.433 e. The van der Waals surface area contributed by atoms with Gasteiger partial charge in [0.1, 0.15) is 5.69 Å². The molecule has 2 nitrogen and oxygen atoms in total. The molecular formula is C10H11F3N2. The molecule has 0 N–H and O–H groups in total. The maximum atomic E-state index is 12.3. The van der Waals surface area contributed by atoms with Crippen LogP contribution in [0.4, 0.5) is 13.2 Å². The highest BCUT2D eigenvalue weighted by atomic mass is 19.4. The minimum Gasteiger partial charge on any atom is -0.301 e. The fourth-order valence-corrected chi connectivity index (χ4v) is 1.15. The summed E-state index contributed by atoms with van der Waals surface area (Å²) >= 11 is 0. The first-order valence-corrected chi connectivity index (χ1v) is 4.39. The molecule has 0 unspecified atom stereocenters. The minimum absolute atomic E-state index is 0.393. The van der Waals surface area contributed by atoms with Crippen molar-refractivity contribution in [2.75, 3.05) is 7.05 Å². The Morgan fingerprint density at radius 2 is 2.07 bits per heavy atom. The van der Waals surface area contributed by atoms with Crippen LogP contribution in [0.15, 0.2) is 17.1 Å². The Morgan fingerprint density at radius 3 is 2.53 bits per heavy atom. The predicted octanol–water partition coefficient (Wildman–Crippen LogP) is 2.65. The zero-order valence-electron chi connectivity index (χ0n) is 8.47. The first-order valence-electron chi connectivity index (χ1n) is 4.39. The van der Waals surface area contributed by atoms with Crippen molar-refractivity contribution < 1.29 is 13.2 Å². The van der Waals surface area contributed by atoms with Crippen LogP contribution in [0.2, 0.25) is 0 Å². The molecule has 0 spiro atoms. The molecule has 0 saturated carbocycles. The zero-order valence-corrected chi connectivity index (χ0v) is 8.47. The molecule has 5 heteroatoms. The van der Waals surface area contributed by atoms with E-state index < -0.39 is 11.9 Å². The fraction of sp³-hybridized carbons (Fsp3) is 0.400. The smallest absolute Gasteiger partial charge is 0.301 e. The highest BCUT2D eigenvalue weighted by molar-refractivity contribution is 5.61. The predicted molar refractivity (Wildman–Crippen MR) is 52.1 cm³/mol. The van der Waals surface area contributed by atoms with Gasteiger partial charge in [0.2, 0.25) is 0 Å². The van der Waals surface area contributed by atoms with Gasteiger partial charge in [-0.1, -0.05) is 6.07 Å². The third-order valence-corrected chi connectivity index (χ3v) is 1.98. The number of rotatable bonds is 2. The molecular weight excluding hydrogens is 205 g/mol. The summed E-state index contributed by atoms with van der Waals surface area (Å²) < 4.78 is 36.8. The van der Waals surface area contributed by atoms with Gasteiger partial charge in [-0.15, -0.1) is 0 Å². The Hall–Kier alpha value is -1.39. The Kier molecular flexibility index (Phi) is 3.44. The van der Waals surface area contributed by atoms with Crippen molar-refractivity contribution in [1.82, 2.24) is 4.98 Å². The van der Waals surface area contributed by atoms with Crippen LogP contribution in [0.5, 0.6) is 0 Å². The Morgan fingerprint density at radius 1 is 1.40 bits per heavy atom. The van der Waals surface area contributed by atoms with Crippen molar-refractivity contribution in [2.45, 2.75) is 19.5 Å². The van der Waals surface area contributed by atoms with Crippen LogP contribution in [0, 0.1) is 6.92 Å². The summed E-state index contributed by atoms with van der Waals surface area (Å²) in [5.74, 6) is 0. The number of hydrogen-bond donors (Lipinski definition) is 0. The normalized spacial score (nSPS) is 12.3. The topological polar surface area (TPSA) is 25.2 Å². The van der Waals surface area contributed by atoms with E-state index in [1.807, 2.05) is 0 Å². The molecule has 15 heavy (non-hydrogen) atoms. The van der Waals surface area contributed by atoms with Crippen LogP contribution in [-0.2, 0) is 12.6 Å². The molecule has 0 aliphatic heterocycles. The molecule has 1 aromatic rings. The van der Waals surface area contributed by atoms with Crippen LogP contribution < -0.4 is 0 Å². The highest BCUT2D eigenvalue weighted by Gasteiger charge is 2.32. The molecule has 0 amide bonds. The summed E-state index contributed by atoms with van der Waals surface area (Å²) in [5, 5.41) is 0. The minimum atomic E-state index is -4.37. The monoisotopic (exact) mass is 216 g/mol. The van der Waals surface area contributed by atoms with Gasteiger partial charge < -0.3 is 4.99 Å². The number of aromatic nitrogens is 1. The van der Waals surface area contributed by atoms with Crippen molar-refractivity contribution in [3.8, 4) is 0 Å². The molecule has 0 saturated heterocycles. The van der Waals surface area contributed by atoms with Crippen molar-refractivity contribution >= 4 is 6.21 Å². The second kappa shape index (κ2) is 4.42. The van der Waals surface area contributed by atoms with Crippen LogP contribution in [0.25, 0.3) is 0 Å². The summed E-state index contributed by atoms with van der Waals surface area (Å²) in [6.07, 6.45) is -2.23. The van der Waals surface area contributed by atoms with Crippen LogP contribution in [-0.4, -0.2) is 18.2 Å². The Bertz CT molecular complexity index is 369. The largest absolute Gasteiger partial charge is 0.433 e. The van der Waals surface area contributed by atoms with Gasteiger partial charge in [-0.05, 0) is 18.6 Å². The van der Waals surface area contributed by atoms with E-state index in [0.29, 0.717) is 12.1 Å². The summed E-state index contributed by atoms with van der Waals surface area (Å²) in [6, 6.07) is 2.43. The molecule has 0 aromatic carbocycles. The van der Waals surface area contributed by atoms with E-state index in [1.54, 1.807) is 20.2 Å². The Labute approximate surface area is 85.9 Å². The van der Waals surface area contributed by atoms with E-state index in [0.717, 1.165) is 11.6 Å². The van der Waals surface area contributed by atoms with Gasteiger partial charge in [-0.25, -0.2) is 4.98 Å². The van der Waals surface area contributed by atoms with Crippen LogP contribution >= 0.6 is 0 Å². The van der Waals surface area contributed by atoms with E-state index in [4.69, 9.17) is 0 Å². The number of pyridine rings is 1. The first-order chi connectivity index (χ1) is 6.95. The standard InChI is InChI=1S/C10H11F3N2/c1-7-8(5-6-14-2)3-4-9(15-7)10(11,12)13/h3-4,6H,5H2,1-2H3. The van der Waals surface area contributed by atoms with Gasteiger partial charge in [0, 0.05) is 25.4 Å². The molecule has 1 rings (SSSR count). The van der Waals surface area contributed by atoms with E-state index in [1.165, 1.54) is 6.07 Å². The van der Waals surface area contributed by atoms with Gasteiger partial charge >= 0.3 is 6.18 Å². The second-order valence-corrected chi connectivity index (χ2v) is 3.08. The van der Waals surface area contributed by atoms with E-state index in [-0.39, 0.29) is 0 Å². The third kappa shape index (κ3) is 3.04. The average molecular weight is 216 g/mol. The van der Waals surface area contributed by atoms with Crippen LogP contribution in [0.1, 0.15) is 17.0 Å². The van der Waals surface area contributed by atoms with Gasteiger partial charge in [-0.2, -0.15) is 13.2 Å². The lowest BCUT2D eigenvalue weighted by molar-refractivity contribution is -0.141. The number of halogens is 3. The van der Waals surface area contributed by atoms with Gasteiger partial charge in [-0.3, -0.25) is 0 Å². The Balaban J connectivity index is 2.98. The highest BCUT2D eigenvalue weighted by Crippen LogP contribution is 2.28. The fourth-order valence-electron chi connectivity index (χ4n) is 1.15. The van der Waals surface area contributed by atoms with E-state index in [9.17, 15) is 13.2 Å². The molecule has 0 aliphatic rings. The summed E-state index contributed by atoms with van der Waals surface area (Å²) in [7, 11) is 1.62. The number of aryl methyl sites for hydroxylation is 1. The lowest BCUT2D eigenvalue weighted by atomic mass is 10.1. The number of aliphatic imine (C=N–C) groups is 1. The van der Waals surface area contributed by atoms with Crippen LogP contribution in [0.3, 0.4) is 0 Å². The van der Waals surface area contributed by atoms with E-state index >= 15 is 0 Å². The number of hydrogen-bond acceptors (Lipinski definition) is 2. The van der Waals surface area contributed by atoms with Gasteiger partial charge in [0.25, 0.3) is 0 Å². The summed E-state index contributed by atoms with van der Waals surface area (Å²) in [4.78, 5) is 7.28. The van der Waals surface area contributed by atoms with Gasteiger partial charge in [0.05, 0.1) is 0 Å². The SMILES string of the molecule is CN=CCc1ccc(C(F)(F)F)nc1C. The first kappa shape index (κ1) is 11.7. The van der Waals surface area contributed by atoms with Crippen molar-refractivity contribution in [2.24, 2.45) is 4.99 Å². The second-order valence-electron chi connectivity index (χ2n) is 3.08. The van der Waals surface area contributed by atoms with Crippen molar-refractivity contribution in [1.29, 1.82) is 0 Å². The number of nitrogens with zero attached hydrogens (tertiary/aromatic N) is 2. The molecule has 0 fully saturated rings. The molecule has 82 valence electrons. The third-order valence-electron chi connectivity index (χ3n) is 1.98. The van der Waals surface area contributed by atoms with Gasteiger partial charge in [0.15, 0.2) is 0 Å². The zero-order chi connectivity index (χ0) is 11.5.